The maximum Gasteiger partial charge on any atom is 0.234 e. The summed E-state index contributed by atoms with van der Waals surface area (Å²) < 4.78 is 36.8. The molecule has 3 aromatic rings. The molecule has 0 bridgehead atoms. The van der Waals surface area contributed by atoms with Gasteiger partial charge in [0.2, 0.25) is 21.8 Å². The minimum Gasteiger partial charge on any atom is -0.492 e. The SMILES string of the molecule is CN(CCOc1ccc2c(ccc3occ([C@@H]4CCC(=O)NC4=O)c32)c1)C1CCN(S(C)(=O)=O)CC1. The largest absolute Gasteiger partial charge is 0.492 e. The highest BCUT2D eigenvalue weighted by Gasteiger charge is 2.31. The number of nitrogens with zero attached hydrogens (tertiary/aromatic N) is 2. The van der Waals surface area contributed by atoms with E-state index < -0.39 is 15.9 Å². The van der Waals surface area contributed by atoms with Crippen LogP contribution in [-0.2, 0) is 19.6 Å². The number of likely N-dealkylation sites (N-methyl/N-ethyl adjacent to an activating group) is 1. The summed E-state index contributed by atoms with van der Waals surface area (Å²) in [5.41, 5.74) is 1.51. The minimum absolute atomic E-state index is 0.235. The fraction of sp³-hybridized carbons (Fsp3) is 0.462. The Balaban J connectivity index is 1.25. The lowest BCUT2D eigenvalue weighted by molar-refractivity contribution is -0.134. The minimum atomic E-state index is -3.12. The lowest BCUT2D eigenvalue weighted by Crippen LogP contribution is -2.46. The molecule has 1 aromatic heterocycles. The predicted octanol–water partition coefficient (Wildman–Crippen LogP) is 2.84. The standard InChI is InChI=1S/C26H31N3O6S/c1-28(18-9-11-29(12-10-18)36(2,32)33)13-14-34-19-4-5-20-17(15-19)3-7-23-25(20)22(16-35-23)21-6-8-24(30)27-26(21)31/h3-5,7,15-16,18,21H,6,8-14H2,1-2H3,(H,27,30,31)/t21-/m0/s1. The van der Waals surface area contributed by atoms with Gasteiger partial charge in [-0.2, -0.15) is 0 Å². The molecule has 2 aliphatic heterocycles. The van der Waals surface area contributed by atoms with Crippen molar-refractivity contribution in [3.63, 3.8) is 0 Å². The molecule has 1 atom stereocenters. The Kier molecular flexibility index (Phi) is 6.76. The summed E-state index contributed by atoms with van der Waals surface area (Å²) in [5, 5.41) is 5.29. The van der Waals surface area contributed by atoms with Gasteiger partial charge in [-0.3, -0.25) is 19.8 Å². The van der Waals surface area contributed by atoms with Crippen molar-refractivity contribution in [3.05, 3.63) is 42.2 Å². The molecule has 2 saturated heterocycles. The summed E-state index contributed by atoms with van der Waals surface area (Å²) >= 11 is 0. The number of piperidine rings is 2. The van der Waals surface area contributed by atoms with Gasteiger partial charge in [-0.1, -0.05) is 6.07 Å². The van der Waals surface area contributed by atoms with Crippen molar-refractivity contribution in [2.24, 2.45) is 0 Å². The van der Waals surface area contributed by atoms with Gasteiger partial charge in [-0.05, 0) is 61.3 Å². The molecule has 0 spiro atoms. The van der Waals surface area contributed by atoms with E-state index in [2.05, 4.69) is 17.3 Å². The van der Waals surface area contributed by atoms with E-state index in [0.717, 1.165) is 46.9 Å². The molecule has 0 aliphatic carbocycles. The molecule has 192 valence electrons. The number of sulfonamides is 1. The van der Waals surface area contributed by atoms with E-state index in [9.17, 15) is 18.0 Å². The monoisotopic (exact) mass is 513 g/mol. The molecular weight excluding hydrogens is 482 g/mol. The summed E-state index contributed by atoms with van der Waals surface area (Å²) in [7, 11) is -1.07. The van der Waals surface area contributed by atoms with Crippen LogP contribution in [0.15, 0.2) is 41.0 Å². The third kappa shape index (κ3) is 4.98. The van der Waals surface area contributed by atoms with Crippen LogP contribution in [-0.4, -0.2) is 75.0 Å². The van der Waals surface area contributed by atoms with E-state index in [4.69, 9.17) is 9.15 Å². The van der Waals surface area contributed by atoms with E-state index in [1.165, 1.54) is 6.26 Å². The molecular formula is C26H31N3O6S. The number of imide groups is 1. The van der Waals surface area contributed by atoms with Crippen molar-refractivity contribution >= 4 is 43.6 Å². The molecule has 2 aliphatic rings. The molecule has 9 nitrogen and oxygen atoms in total. The van der Waals surface area contributed by atoms with E-state index in [0.29, 0.717) is 44.2 Å². The second-order valence-corrected chi connectivity index (χ2v) is 11.7. The van der Waals surface area contributed by atoms with Crippen molar-refractivity contribution in [3.8, 4) is 5.75 Å². The zero-order valence-electron chi connectivity index (χ0n) is 20.5. The van der Waals surface area contributed by atoms with Crippen molar-refractivity contribution < 1.29 is 27.2 Å². The van der Waals surface area contributed by atoms with Gasteiger partial charge in [-0.15, -0.1) is 0 Å². The molecule has 2 aromatic carbocycles. The maximum absolute atomic E-state index is 12.5. The second-order valence-electron chi connectivity index (χ2n) is 9.74. The smallest absolute Gasteiger partial charge is 0.234 e. The normalized spacial score (nSPS) is 20.4. The molecule has 2 fully saturated rings. The van der Waals surface area contributed by atoms with E-state index in [1.807, 2.05) is 30.3 Å². The van der Waals surface area contributed by atoms with Crippen LogP contribution in [0.5, 0.6) is 5.75 Å². The molecule has 0 radical (unpaired) electrons. The molecule has 2 amide bonds. The van der Waals surface area contributed by atoms with Crippen LogP contribution in [0, 0.1) is 0 Å². The molecule has 5 rings (SSSR count). The van der Waals surface area contributed by atoms with E-state index in [1.54, 1.807) is 10.6 Å². The van der Waals surface area contributed by atoms with Gasteiger partial charge in [0.25, 0.3) is 0 Å². The van der Waals surface area contributed by atoms with Crippen LogP contribution >= 0.6 is 0 Å². The summed E-state index contributed by atoms with van der Waals surface area (Å²) in [6, 6.07) is 10.1. The van der Waals surface area contributed by atoms with E-state index in [-0.39, 0.29) is 11.8 Å². The first-order chi connectivity index (χ1) is 17.2. The number of benzene rings is 2. The third-order valence-corrected chi connectivity index (χ3v) is 8.70. The van der Waals surface area contributed by atoms with Crippen LogP contribution in [0.25, 0.3) is 21.7 Å². The van der Waals surface area contributed by atoms with Crippen molar-refractivity contribution in [1.82, 2.24) is 14.5 Å². The van der Waals surface area contributed by atoms with Crippen molar-refractivity contribution in [1.29, 1.82) is 0 Å². The number of fused-ring (bicyclic) bond motifs is 3. The maximum atomic E-state index is 12.5. The van der Waals surface area contributed by atoms with Crippen LogP contribution in [0.1, 0.15) is 37.2 Å². The van der Waals surface area contributed by atoms with E-state index >= 15 is 0 Å². The van der Waals surface area contributed by atoms with Crippen molar-refractivity contribution in [2.45, 2.75) is 37.6 Å². The Labute approximate surface area is 210 Å². The molecule has 36 heavy (non-hydrogen) atoms. The van der Waals surface area contributed by atoms with Crippen LogP contribution < -0.4 is 10.1 Å². The topological polar surface area (TPSA) is 109 Å². The Hall–Kier alpha value is -2.95. The average molecular weight is 514 g/mol. The van der Waals surface area contributed by atoms with Gasteiger partial charge >= 0.3 is 0 Å². The second kappa shape index (κ2) is 9.84. The summed E-state index contributed by atoms with van der Waals surface area (Å²) in [6.45, 7) is 2.37. The lowest BCUT2D eigenvalue weighted by atomic mass is 9.89. The number of hydrogen-bond donors (Lipinski definition) is 1. The Bertz CT molecular complexity index is 1410. The number of carbonyl (C=O) groups excluding carboxylic acids is 2. The quantitative estimate of drug-likeness (QED) is 0.484. The molecule has 1 N–H and O–H groups in total. The first-order valence-corrected chi connectivity index (χ1v) is 14.1. The number of carbonyl (C=O) groups is 2. The lowest BCUT2D eigenvalue weighted by Gasteiger charge is -2.35. The molecule has 3 heterocycles. The highest BCUT2D eigenvalue weighted by molar-refractivity contribution is 7.88. The highest BCUT2D eigenvalue weighted by atomic mass is 32.2. The third-order valence-electron chi connectivity index (χ3n) is 7.40. The first-order valence-electron chi connectivity index (χ1n) is 12.3. The highest BCUT2D eigenvalue weighted by Crippen LogP contribution is 2.37. The number of ether oxygens (including phenoxy) is 1. The Morgan fingerprint density at radius 2 is 1.92 bits per heavy atom. The summed E-state index contributed by atoms with van der Waals surface area (Å²) in [6.07, 6.45) is 5.31. The number of amides is 2. The van der Waals surface area contributed by atoms with Gasteiger partial charge in [0, 0.05) is 43.0 Å². The molecule has 0 saturated carbocycles. The van der Waals surface area contributed by atoms with Gasteiger partial charge in [0.05, 0.1) is 18.4 Å². The summed E-state index contributed by atoms with van der Waals surface area (Å²) in [4.78, 5) is 26.3. The Morgan fingerprint density at radius 3 is 2.64 bits per heavy atom. The predicted molar refractivity (Wildman–Crippen MR) is 136 cm³/mol. The Morgan fingerprint density at radius 1 is 1.14 bits per heavy atom. The van der Waals surface area contributed by atoms with Gasteiger partial charge in [0.1, 0.15) is 17.9 Å². The molecule has 10 heteroatoms. The van der Waals surface area contributed by atoms with Crippen LogP contribution in [0.2, 0.25) is 0 Å². The number of nitrogens with one attached hydrogen (secondary N) is 1. The molecule has 0 unspecified atom stereocenters. The summed E-state index contributed by atoms with van der Waals surface area (Å²) in [5.74, 6) is -0.170. The number of hydrogen-bond acceptors (Lipinski definition) is 7. The van der Waals surface area contributed by atoms with Crippen molar-refractivity contribution in [2.75, 3.05) is 39.5 Å². The fourth-order valence-electron chi connectivity index (χ4n) is 5.31. The number of rotatable bonds is 7. The van der Waals surface area contributed by atoms with Gasteiger partial charge in [-0.25, -0.2) is 12.7 Å². The number of furan rings is 1. The van der Waals surface area contributed by atoms with Crippen LogP contribution in [0.3, 0.4) is 0 Å². The van der Waals surface area contributed by atoms with Crippen LogP contribution in [0.4, 0.5) is 0 Å². The van der Waals surface area contributed by atoms with Gasteiger partial charge < -0.3 is 9.15 Å². The average Bonchev–Trinajstić information content (AvgIpc) is 3.28. The zero-order valence-corrected chi connectivity index (χ0v) is 21.3. The first kappa shape index (κ1) is 24.7. The van der Waals surface area contributed by atoms with Gasteiger partial charge in [0.15, 0.2) is 0 Å². The fourth-order valence-corrected chi connectivity index (χ4v) is 6.18. The zero-order chi connectivity index (χ0) is 25.4.